The fourth-order valence-electron chi connectivity index (χ4n) is 3.47. The van der Waals surface area contributed by atoms with Crippen molar-refractivity contribution in [2.45, 2.75) is 59.3 Å². The molecule has 1 amide bonds. The molecule has 1 aromatic rings. The third-order valence-electron chi connectivity index (χ3n) is 5.76. The number of halogens is 1. The molecule has 0 radical (unpaired) electrons. The molecule has 1 aliphatic carbocycles. The molecule has 2 atom stereocenters. The van der Waals surface area contributed by atoms with Gasteiger partial charge in [0.25, 0.3) is 0 Å². The topological polar surface area (TPSA) is 82.8 Å². The van der Waals surface area contributed by atoms with E-state index in [1.165, 1.54) is 0 Å². The highest BCUT2D eigenvalue weighted by Crippen LogP contribution is 2.50. The number of anilines is 1. The molecule has 1 aliphatic rings. The van der Waals surface area contributed by atoms with Crippen molar-refractivity contribution in [3.05, 3.63) is 29.3 Å². The van der Waals surface area contributed by atoms with Gasteiger partial charge in [-0.2, -0.15) is 0 Å². The molecule has 6 nitrogen and oxygen atoms in total. The zero-order valence-electron chi connectivity index (χ0n) is 17.7. The van der Waals surface area contributed by atoms with E-state index in [1.54, 1.807) is 0 Å². The van der Waals surface area contributed by atoms with E-state index in [-0.39, 0.29) is 24.4 Å². The van der Waals surface area contributed by atoms with Gasteiger partial charge < -0.3 is 25.3 Å². The van der Waals surface area contributed by atoms with Crippen molar-refractivity contribution < 1.29 is 19.0 Å². The molecule has 2 unspecified atom stereocenters. The molecule has 28 heavy (non-hydrogen) atoms. The first-order valence-corrected chi connectivity index (χ1v) is 9.73. The van der Waals surface area contributed by atoms with Gasteiger partial charge in [0.15, 0.2) is 0 Å². The Bertz CT molecular complexity index is 653. The van der Waals surface area contributed by atoms with Crippen molar-refractivity contribution in [1.29, 1.82) is 0 Å². The number of hydrogen-bond donors (Lipinski definition) is 2. The smallest absolute Gasteiger partial charge is 0.245 e. The van der Waals surface area contributed by atoms with Crippen molar-refractivity contribution in [1.82, 2.24) is 0 Å². The van der Waals surface area contributed by atoms with Crippen LogP contribution in [-0.2, 0) is 25.6 Å². The van der Waals surface area contributed by atoms with Gasteiger partial charge in [0, 0.05) is 30.7 Å². The van der Waals surface area contributed by atoms with Crippen LogP contribution in [0.2, 0.25) is 0 Å². The fraction of sp³-hybridized carbons (Fsp3) is 0.667. The average molecular weight is 415 g/mol. The van der Waals surface area contributed by atoms with Crippen LogP contribution in [-0.4, -0.2) is 44.0 Å². The molecule has 0 bridgehead atoms. The van der Waals surface area contributed by atoms with Crippen molar-refractivity contribution in [2.24, 2.45) is 11.1 Å². The maximum Gasteiger partial charge on any atom is 0.245 e. The molecule has 7 heteroatoms. The third-order valence-corrected chi connectivity index (χ3v) is 5.76. The number of benzene rings is 1. The summed E-state index contributed by atoms with van der Waals surface area (Å²) in [4.78, 5) is 12.9. The molecular weight excluding hydrogens is 380 g/mol. The van der Waals surface area contributed by atoms with E-state index in [1.807, 2.05) is 52.8 Å². The number of carbonyl (C=O) groups is 1. The number of nitrogens with two attached hydrogens (primary N) is 1. The van der Waals surface area contributed by atoms with Crippen molar-refractivity contribution >= 4 is 24.0 Å². The number of carbonyl (C=O) groups excluding carboxylic acids is 1. The van der Waals surface area contributed by atoms with Crippen molar-refractivity contribution in [3.8, 4) is 0 Å². The number of hydrogen-bond acceptors (Lipinski definition) is 5. The summed E-state index contributed by atoms with van der Waals surface area (Å²) in [5.74, 6) is -0.166. The van der Waals surface area contributed by atoms with Crippen LogP contribution in [0.5, 0.6) is 0 Å². The Hall–Kier alpha value is -1.18. The number of ether oxygens (including phenoxy) is 3. The van der Waals surface area contributed by atoms with E-state index in [0.29, 0.717) is 39.5 Å². The molecule has 1 fully saturated rings. The van der Waals surface area contributed by atoms with E-state index >= 15 is 0 Å². The van der Waals surface area contributed by atoms with Gasteiger partial charge in [-0.1, -0.05) is 26.0 Å². The Kier molecular flexibility index (Phi) is 9.37. The molecule has 1 saturated carbocycles. The summed E-state index contributed by atoms with van der Waals surface area (Å²) in [7, 11) is 0. The average Bonchev–Trinajstić information content (AvgIpc) is 2.63. The fourth-order valence-corrected chi connectivity index (χ4v) is 3.47. The van der Waals surface area contributed by atoms with Crippen LogP contribution in [0.4, 0.5) is 5.69 Å². The second kappa shape index (κ2) is 10.6. The lowest BCUT2D eigenvalue weighted by Gasteiger charge is -2.57. The highest BCUT2D eigenvalue weighted by molar-refractivity contribution is 6.00. The minimum atomic E-state index is -0.941. The number of amides is 1. The predicted octanol–water partition coefficient (Wildman–Crippen LogP) is 3.44. The lowest BCUT2D eigenvalue weighted by molar-refractivity contribution is -0.166. The second-order valence-corrected chi connectivity index (χ2v) is 7.63. The highest BCUT2D eigenvalue weighted by Gasteiger charge is 2.62. The standard InChI is InChI=1S/C21H34N2O4.ClH/c1-6-25-11-12-26-14-16-9-8-10-17(15(16)3)23-19(24)21(22)13-18(27-7-2)20(21,4)5;/h8-10,18H,6-7,11-14,22H2,1-5H3,(H,23,24);1H. The van der Waals surface area contributed by atoms with Gasteiger partial charge >= 0.3 is 0 Å². The van der Waals surface area contributed by atoms with Crippen molar-refractivity contribution in [3.63, 3.8) is 0 Å². The Morgan fingerprint density at radius 1 is 1.21 bits per heavy atom. The molecule has 0 aliphatic heterocycles. The molecule has 0 heterocycles. The predicted molar refractivity (Wildman–Crippen MR) is 114 cm³/mol. The summed E-state index contributed by atoms with van der Waals surface area (Å²) in [6, 6.07) is 5.82. The quantitative estimate of drug-likeness (QED) is 0.573. The first kappa shape index (κ1) is 24.9. The lowest BCUT2D eigenvalue weighted by atomic mass is 9.54. The van der Waals surface area contributed by atoms with Gasteiger partial charge in [-0.15, -0.1) is 12.4 Å². The van der Waals surface area contributed by atoms with Crippen LogP contribution in [0.15, 0.2) is 18.2 Å². The summed E-state index contributed by atoms with van der Waals surface area (Å²) in [6.07, 6.45) is 0.531. The molecule has 1 aromatic carbocycles. The molecular formula is C21H35ClN2O4. The van der Waals surface area contributed by atoms with Crippen LogP contribution in [0.25, 0.3) is 0 Å². The van der Waals surface area contributed by atoms with Crippen molar-refractivity contribution in [2.75, 3.05) is 31.7 Å². The summed E-state index contributed by atoms with van der Waals surface area (Å²) in [5.41, 5.74) is 7.92. The normalized spacial score (nSPS) is 22.9. The van der Waals surface area contributed by atoms with Gasteiger partial charge in [-0.25, -0.2) is 0 Å². The second-order valence-electron chi connectivity index (χ2n) is 7.63. The van der Waals surface area contributed by atoms with Crippen LogP contribution in [0.3, 0.4) is 0 Å². The monoisotopic (exact) mass is 414 g/mol. The Balaban J connectivity index is 0.00000392. The molecule has 160 valence electrons. The molecule has 0 aromatic heterocycles. The molecule has 0 spiro atoms. The lowest BCUT2D eigenvalue weighted by Crippen LogP contribution is -2.74. The number of nitrogens with one attached hydrogen (secondary N) is 1. The van der Waals surface area contributed by atoms with E-state index in [9.17, 15) is 4.79 Å². The van der Waals surface area contributed by atoms with Crippen LogP contribution in [0, 0.1) is 12.3 Å². The highest BCUT2D eigenvalue weighted by atomic mass is 35.5. The first-order valence-electron chi connectivity index (χ1n) is 9.73. The molecule has 0 saturated heterocycles. The van der Waals surface area contributed by atoms with Gasteiger partial charge in [0.1, 0.15) is 5.54 Å². The summed E-state index contributed by atoms with van der Waals surface area (Å²) in [5, 5.41) is 3.02. The summed E-state index contributed by atoms with van der Waals surface area (Å²) in [6.45, 7) is 12.8. The van der Waals surface area contributed by atoms with Gasteiger partial charge in [-0.05, 0) is 38.0 Å². The summed E-state index contributed by atoms with van der Waals surface area (Å²) < 4.78 is 16.6. The third kappa shape index (κ3) is 5.05. The van der Waals surface area contributed by atoms with Crippen LogP contribution < -0.4 is 11.1 Å². The summed E-state index contributed by atoms with van der Waals surface area (Å²) >= 11 is 0. The van der Waals surface area contributed by atoms with E-state index in [4.69, 9.17) is 19.9 Å². The number of rotatable bonds is 10. The van der Waals surface area contributed by atoms with Gasteiger partial charge in [0.2, 0.25) is 5.91 Å². The Morgan fingerprint density at radius 2 is 1.89 bits per heavy atom. The van der Waals surface area contributed by atoms with Gasteiger partial charge in [-0.3, -0.25) is 4.79 Å². The Morgan fingerprint density at radius 3 is 2.50 bits per heavy atom. The van der Waals surface area contributed by atoms with E-state index in [0.717, 1.165) is 16.8 Å². The molecule has 2 rings (SSSR count). The van der Waals surface area contributed by atoms with E-state index < -0.39 is 11.0 Å². The van der Waals surface area contributed by atoms with Crippen LogP contribution in [0.1, 0.15) is 45.2 Å². The SMILES string of the molecule is CCOCCOCc1cccc(NC(=O)C2(N)CC(OCC)C2(C)C)c1C.Cl. The Labute approximate surface area is 174 Å². The maximum atomic E-state index is 12.9. The minimum absolute atomic E-state index is 0. The van der Waals surface area contributed by atoms with E-state index in [2.05, 4.69) is 5.32 Å². The van der Waals surface area contributed by atoms with Crippen LogP contribution >= 0.6 is 12.4 Å². The molecule has 3 N–H and O–H groups in total. The largest absolute Gasteiger partial charge is 0.379 e. The maximum absolute atomic E-state index is 12.9. The van der Waals surface area contributed by atoms with Gasteiger partial charge in [0.05, 0.1) is 25.9 Å². The zero-order valence-corrected chi connectivity index (χ0v) is 18.5. The minimum Gasteiger partial charge on any atom is -0.379 e. The first-order chi connectivity index (χ1) is 12.8. The zero-order chi connectivity index (χ0) is 20.1.